The molecule has 2 aromatic rings. The van der Waals surface area contributed by atoms with Crippen molar-refractivity contribution in [2.24, 2.45) is 5.92 Å². The number of imidazole rings is 1. The molecule has 3 rings (SSSR count). The zero-order chi connectivity index (χ0) is 13.8. The summed E-state index contributed by atoms with van der Waals surface area (Å²) in [6.07, 6.45) is 7.11. The van der Waals surface area contributed by atoms with Gasteiger partial charge in [-0.15, -0.1) is 5.10 Å². The first kappa shape index (κ1) is 13.1. The maximum atomic E-state index is 5.57. The van der Waals surface area contributed by atoms with Crippen molar-refractivity contribution < 1.29 is 0 Å². The van der Waals surface area contributed by atoms with Gasteiger partial charge in [-0.25, -0.2) is 4.98 Å². The molecule has 0 unspecified atom stereocenters. The summed E-state index contributed by atoms with van der Waals surface area (Å²) in [7, 11) is 0. The van der Waals surface area contributed by atoms with Gasteiger partial charge in [-0.05, 0) is 43.9 Å². The lowest BCUT2D eigenvalue weighted by molar-refractivity contribution is 0.165. The standard InChI is InChI=1S/C14H20N6/c15-14-4-3-12(18-19-14)6-11-2-1-5-20(8-11)9-13-7-16-10-17-13/h3-4,7,10-11H,1-2,5-6,8-9H2,(H2,15,19)(H,16,17)/t11-/m1/s1. The molecular formula is C14H20N6. The van der Waals surface area contributed by atoms with E-state index in [1.807, 2.05) is 18.3 Å². The number of nitrogens with one attached hydrogen (secondary N) is 1. The average Bonchev–Trinajstić information content (AvgIpc) is 2.95. The van der Waals surface area contributed by atoms with Gasteiger partial charge in [-0.3, -0.25) is 4.90 Å². The van der Waals surface area contributed by atoms with Crippen molar-refractivity contribution in [2.75, 3.05) is 18.8 Å². The highest BCUT2D eigenvalue weighted by atomic mass is 15.2. The van der Waals surface area contributed by atoms with E-state index in [-0.39, 0.29) is 0 Å². The van der Waals surface area contributed by atoms with Gasteiger partial charge in [0, 0.05) is 25.0 Å². The lowest BCUT2D eigenvalue weighted by Gasteiger charge is -2.32. The molecule has 1 saturated heterocycles. The van der Waals surface area contributed by atoms with Crippen LogP contribution in [0, 0.1) is 5.92 Å². The molecule has 106 valence electrons. The van der Waals surface area contributed by atoms with Crippen molar-refractivity contribution in [2.45, 2.75) is 25.8 Å². The van der Waals surface area contributed by atoms with E-state index in [9.17, 15) is 0 Å². The maximum Gasteiger partial charge on any atom is 0.146 e. The molecule has 0 bridgehead atoms. The molecule has 0 amide bonds. The van der Waals surface area contributed by atoms with Crippen LogP contribution < -0.4 is 5.73 Å². The lowest BCUT2D eigenvalue weighted by Crippen LogP contribution is -2.35. The first-order chi connectivity index (χ1) is 9.79. The third-order valence-electron chi connectivity index (χ3n) is 3.79. The largest absolute Gasteiger partial charge is 0.382 e. The number of nitrogens with two attached hydrogens (primary N) is 1. The van der Waals surface area contributed by atoms with E-state index in [0.29, 0.717) is 11.7 Å². The number of nitrogens with zero attached hydrogens (tertiary/aromatic N) is 4. The van der Waals surface area contributed by atoms with Crippen LogP contribution in [0.4, 0.5) is 5.82 Å². The zero-order valence-electron chi connectivity index (χ0n) is 11.5. The molecule has 1 aliphatic heterocycles. The van der Waals surface area contributed by atoms with Crippen LogP contribution in [0.2, 0.25) is 0 Å². The molecule has 1 atom stereocenters. The van der Waals surface area contributed by atoms with E-state index in [0.717, 1.165) is 31.7 Å². The Kier molecular flexibility index (Phi) is 3.92. The fourth-order valence-corrected chi connectivity index (χ4v) is 2.85. The average molecular weight is 272 g/mol. The number of piperidine rings is 1. The van der Waals surface area contributed by atoms with Gasteiger partial charge >= 0.3 is 0 Å². The van der Waals surface area contributed by atoms with E-state index < -0.39 is 0 Å². The third-order valence-corrected chi connectivity index (χ3v) is 3.79. The summed E-state index contributed by atoms with van der Waals surface area (Å²) >= 11 is 0. The Morgan fingerprint density at radius 3 is 3.05 bits per heavy atom. The van der Waals surface area contributed by atoms with Crippen molar-refractivity contribution in [3.05, 3.63) is 36.0 Å². The minimum atomic E-state index is 0.485. The summed E-state index contributed by atoms with van der Waals surface area (Å²) in [5, 5.41) is 8.09. The zero-order valence-corrected chi connectivity index (χ0v) is 11.5. The van der Waals surface area contributed by atoms with E-state index in [1.54, 1.807) is 6.33 Å². The topological polar surface area (TPSA) is 83.7 Å². The number of hydrogen-bond acceptors (Lipinski definition) is 5. The number of likely N-dealkylation sites (tertiary alicyclic amines) is 1. The van der Waals surface area contributed by atoms with Gasteiger partial charge in [0.2, 0.25) is 0 Å². The van der Waals surface area contributed by atoms with Crippen LogP contribution >= 0.6 is 0 Å². The second-order valence-corrected chi connectivity index (χ2v) is 5.47. The number of rotatable bonds is 4. The molecule has 20 heavy (non-hydrogen) atoms. The van der Waals surface area contributed by atoms with Crippen molar-refractivity contribution in [1.29, 1.82) is 0 Å². The summed E-state index contributed by atoms with van der Waals surface area (Å²) in [5.41, 5.74) is 7.78. The molecule has 6 nitrogen and oxygen atoms in total. The fraction of sp³-hybridized carbons (Fsp3) is 0.500. The van der Waals surface area contributed by atoms with Gasteiger partial charge in [-0.2, -0.15) is 5.10 Å². The molecule has 0 aliphatic carbocycles. The normalized spacial score (nSPS) is 20.1. The molecule has 3 N–H and O–H groups in total. The summed E-state index contributed by atoms with van der Waals surface area (Å²) in [6, 6.07) is 3.81. The molecule has 6 heteroatoms. The Morgan fingerprint density at radius 1 is 1.35 bits per heavy atom. The highest BCUT2D eigenvalue weighted by molar-refractivity contribution is 5.25. The van der Waals surface area contributed by atoms with Gasteiger partial charge in [0.25, 0.3) is 0 Å². The Balaban J connectivity index is 1.56. The number of aromatic nitrogens is 4. The van der Waals surface area contributed by atoms with Crippen LogP contribution in [-0.4, -0.2) is 38.2 Å². The number of nitrogen functional groups attached to an aromatic ring is 1. The molecule has 2 aromatic heterocycles. The van der Waals surface area contributed by atoms with Crippen molar-refractivity contribution in [3.63, 3.8) is 0 Å². The van der Waals surface area contributed by atoms with Gasteiger partial charge < -0.3 is 10.7 Å². The van der Waals surface area contributed by atoms with Crippen LogP contribution in [-0.2, 0) is 13.0 Å². The molecule has 3 heterocycles. The van der Waals surface area contributed by atoms with Crippen LogP contribution in [0.5, 0.6) is 0 Å². The van der Waals surface area contributed by atoms with E-state index in [2.05, 4.69) is 25.1 Å². The van der Waals surface area contributed by atoms with E-state index in [4.69, 9.17) is 5.73 Å². The fourth-order valence-electron chi connectivity index (χ4n) is 2.85. The van der Waals surface area contributed by atoms with Crippen molar-refractivity contribution >= 4 is 5.82 Å². The highest BCUT2D eigenvalue weighted by Gasteiger charge is 2.21. The smallest absolute Gasteiger partial charge is 0.146 e. The van der Waals surface area contributed by atoms with Gasteiger partial charge in [-0.1, -0.05) is 0 Å². The molecule has 1 fully saturated rings. The van der Waals surface area contributed by atoms with E-state index >= 15 is 0 Å². The Bertz CT molecular complexity index is 521. The minimum Gasteiger partial charge on any atom is -0.382 e. The number of anilines is 1. The second kappa shape index (κ2) is 6.00. The van der Waals surface area contributed by atoms with Crippen molar-refractivity contribution in [1.82, 2.24) is 25.1 Å². The number of aromatic amines is 1. The first-order valence-electron chi connectivity index (χ1n) is 7.07. The molecular weight excluding hydrogens is 252 g/mol. The Labute approximate surface area is 118 Å². The predicted molar refractivity (Wildman–Crippen MR) is 76.7 cm³/mol. The Morgan fingerprint density at radius 2 is 2.30 bits per heavy atom. The van der Waals surface area contributed by atoms with Crippen LogP contribution in [0.15, 0.2) is 24.7 Å². The number of hydrogen-bond donors (Lipinski definition) is 2. The third kappa shape index (κ3) is 3.33. The second-order valence-electron chi connectivity index (χ2n) is 5.47. The van der Waals surface area contributed by atoms with Crippen LogP contribution in [0.25, 0.3) is 0 Å². The first-order valence-corrected chi connectivity index (χ1v) is 7.07. The van der Waals surface area contributed by atoms with E-state index in [1.165, 1.54) is 18.5 Å². The molecule has 0 radical (unpaired) electrons. The predicted octanol–water partition coefficient (Wildman–Crippen LogP) is 1.24. The minimum absolute atomic E-state index is 0.485. The lowest BCUT2D eigenvalue weighted by atomic mass is 9.93. The molecule has 0 spiro atoms. The summed E-state index contributed by atoms with van der Waals surface area (Å²) < 4.78 is 0. The summed E-state index contributed by atoms with van der Waals surface area (Å²) in [5.74, 6) is 1.13. The molecule has 1 aliphatic rings. The van der Waals surface area contributed by atoms with Crippen LogP contribution in [0.3, 0.4) is 0 Å². The molecule has 0 saturated carbocycles. The summed E-state index contributed by atoms with van der Waals surface area (Å²) in [4.78, 5) is 9.72. The number of H-pyrrole nitrogens is 1. The Hall–Kier alpha value is -1.95. The van der Waals surface area contributed by atoms with Crippen molar-refractivity contribution in [3.8, 4) is 0 Å². The van der Waals surface area contributed by atoms with Gasteiger partial charge in [0.05, 0.1) is 12.0 Å². The van der Waals surface area contributed by atoms with Crippen LogP contribution in [0.1, 0.15) is 24.2 Å². The highest BCUT2D eigenvalue weighted by Crippen LogP contribution is 2.21. The SMILES string of the molecule is Nc1ccc(C[C@H]2CCCN(Cc3cnc[nH]3)C2)nn1. The van der Waals surface area contributed by atoms with Gasteiger partial charge in [0.1, 0.15) is 5.82 Å². The molecule has 0 aromatic carbocycles. The maximum absolute atomic E-state index is 5.57. The monoisotopic (exact) mass is 272 g/mol. The summed E-state index contributed by atoms with van der Waals surface area (Å²) in [6.45, 7) is 3.21. The van der Waals surface area contributed by atoms with Gasteiger partial charge in [0.15, 0.2) is 0 Å². The quantitative estimate of drug-likeness (QED) is 0.874.